The molecule has 22 heavy (non-hydrogen) atoms. The number of alkyl halides is 3. The first-order valence-electron chi connectivity index (χ1n) is 6.55. The molecule has 1 amide bonds. The van der Waals surface area contributed by atoms with Gasteiger partial charge in [-0.1, -0.05) is 0 Å². The predicted octanol–water partition coefficient (Wildman–Crippen LogP) is 2.47. The highest BCUT2D eigenvalue weighted by atomic mass is 32.1. The third kappa shape index (κ3) is 3.98. The molecule has 5 nitrogen and oxygen atoms in total. The molecule has 0 aliphatic carbocycles. The molecule has 1 fully saturated rings. The van der Waals surface area contributed by atoms with Crippen LogP contribution in [0.15, 0.2) is 11.4 Å². The fourth-order valence-corrected chi connectivity index (χ4v) is 3.02. The van der Waals surface area contributed by atoms with Crippen LogP contribution in [0.25, 0.3) is 0 Å². The highest BCUT2D eigenvalue weighted by molar-refractivity contribution is 7.10. The minimum absolute atomic E-state index is 0.134. The van der Waals surface area contributed by atoms with E-state index < -0.39 is 29.5 Å². The van der Waals surface area contributed by atoms with Crippen LogP contribution in [-0.2, 0) is 15.7 Å². The average Bonchev–Trinajstić information content (AvgIpc) is 2.94. The Hall–Kier alpha value is -1.61. The lowest BCUT2D eigenvalue weighted by Crippen LogP contribution is -2.45. The van der Waals surface area contributed by atoms with Gasteiger partial charge in [0, 0.05) is 24.6 Å². The zero-order chi connectivity index (χ0) is 16.3. The summed E-state index contributed by atoms with van der Waals surface area (Å²) in [5.41, 5.74) is -0.134. The van der Waals surface area contributed by atoms with Crippen molar-refractivity contribution in [1.29, 1.82) is 0 Å². The first kappa shape index (κ1) is 16.8. The van der Waals surface area contributed by atoms with Gasteiger partial charge < -0.3 is 14.7 Å². The number of amides is 1. The number of thiophene rings is 1. The summed E-state index contributed by atoms with van der Waals surface area (Å²) >= 11 is 0.423. The van der Waals surface area contributed by atoms with E-state index in [-0.39, 0.29) is 11.6 Å². The molecule has 1 saturated heterocycles. The lowest BCUT2D eigenvalue weighted by molar-refractivity contribution is -0.138. The van der Waals surface area contributed by atoms with Gasteiger partial charge >= 0.3 is 12.1 Å². The molecule has 1 aromatic heterocycles. The monoisotopic (exact) mass is 337 g/mol. The zero-order valence-electron chi connectivity index (χ0n) is 11.4. The Morgan fingerprint density at radius 1 is 1.36 bits per heavy atom. The maximum atomic E-state index is 12.6. The molecule has 1 aliphatic rings. The van der Waals surface area contributed by atoms with Gasteiger partial charge in [0.1, 0.15) is 11.4 Å². The van der Waals surface area contributed by atoms with E-state index >= 15 is 0 Å². The van der Waals surface area contributed by atoms with Crippen molar-refractivity contribution in [3.63, 3.8) is 0 Å². The minimum atomic E-state index is -4.51. The van der Waals surface area contributed by atoms with E-state index in [4.69, 9.17) is 9.84 Å². The van der Waals surface area contributed by atoms with Crippen LogP contribution in [0.1, 0.15) is 28.1 Å². The molecule has 1 aromatic rings. The van der Waals surface area contributed by atoms with Gasteiger partial charge in [-0.15, -0.1) is 11.3 Å². The molecule has 0 radical (unpaired) electrons. The number of aliphatic carboxylic acids is 1. The molecule has 1 aliphatic heterocycles. The third-order valence-electron chi connectivity index (χ3n) is 3.32. The second kappa shape index (κ2) is 6.66. The Bertz CT molecular complexity index is 552. The number of carboxylic acid groups (broad SMARTS) is 1. The molecule has 2 heterocycles. The number of carboxylic acids is 1. The number of ether oxygens (including phenoxy) is 1. The van der Waals surface area contributed by atoms with Crippen molar-refractivity contribution in [2.45, 2.75) is 25.1 Å². The van der Waals surface area contributed by atoms with E-state index in [2.05, 4.69) is 0 Å². The smallest absolute Gasteiger partial charge is 0.425 e. The number of carbonyl (C=O) groups is 2. The van der Waals surface area contributed by atoms with Crippen molar-refractivity contribution in [2.75, 3.05) is 19.8 Å². The van der Waals surface area contributed by atoms with Crippen molar-refractivity contribution in [2.24, 2.45) is 0 Å². The molecule has 0 saturated carbocycles. The van der Waals surface area contributed by atoms with Crippen molar-refractivity contribution < 1.29 is 32.6 Å². The van der Waals surface area contributed by atoms with Crippen LogP contribution in [0.2, 0.25) is 0 Å². The number of carbonyl (C=O) groups excluding carboxylic acids is 1. The van der Waals surface area contributed by atoms with Gasteiger partial charge in [-0.25, -0.2) is 0 Å². The Balaban J connectivity index is 2.20. The largest absolute Gasteiger partial charge is 0.480 e. The zero-order valence-corrected chi connectivity index (χ0v) is 12.2. The first-order chi connectivity index (χ1) is 10.3. The van der Waals surface area contributed by atoms with Crippen molar-refractivity contribution in [3.05, 3.63) is 21.9 Å². The molecule has 0 atom stereocenters. The second-order valence-electron chi connectivity index (χ2n) is 4.87. The van der Waals surface area contributed by atoms with E-state index in [1.165, 1.54) is 0 Å². The van der Waals surface area contributed by atoms with Crippen LogP contribution >= 0.6 is 11.3 Å². The SMILES string of the molecule is O=C(O)CN(C(=O)c1csc(C(F)(F)F)c1)C1CCOCC1. The summed E-state index contributed by atoms with van der Waals surface area (Å²) in [5, 5.41) is 10.1. The molecule has 0 bridgehead atoms. The van der Waals surface area contributed by atoms with Crippen molar-refractivity contribution >= 4 is 23.2 Å². The summed E-state index contributed by atoms with van der Waals surface area (Å²) in [6, 6.07) is 0.424. The van der Waals surface area contributed by atoms with E-state index in [9.17, 15) is 22.8 Å². The standard InChI is InChI=1S/C13H14F3NO4S/c14-13(15,16)10-5-8(7-22-10)12(20)17(6-11(18)19)9-1-3-21-4-2-9/h5,7,9H,1-4,6H2,(H,18,19). The van der Waals surface area contributed by atoms with Gasteiger partial charge in [0.15, 0.2) is 0 Å². The minimum Gasteiger partial charge on any atom is -0.480 e. The summed E-state index contributed by atoms with van der Waals surface area (Å²) in [4.78, 5) is 23.6. The maximum Gasteiger partial charge on any atom is 0.425 e. The normalized spacial score (nSPS) is 16.5. The Morgan fingerprint density at radius 3 is 2.50 bits per heavy atom. The van der Waals surface area contributed by atoms with Crippen LogP contribution in [0.4, 0.5) is 13.2 Å². The van der Waals surface area contributed by atoms with E-state index in [1.54, 1.807) is 0 Å². The lowest BCUT2D eigenvalue weighted by Gasteiger charge is -2.33. The first-order valence-corrected chi connectivity index (χ1v) is 7.43. The van der Waals surface area contributed by atoms with Gasteiger partial charge in [0.25, 0.3) is 5.91 Å². The van der Waals surface area contributed by atoms with Gasteiger partial charge in [-0.05, 0) is 18.9 Å². The fourth-order valence-electron chi connectivity index (χ4n) is 2.27. The Morgan fingerprint density at radius 2 is 2.00 bits per heavy atom. The number of halogens is 3. The van der Waals surface area contributed by atoms with Crippen LogP contribution in [-0.4, -0.2) is 47.7 Å². The molecule has 122 valence electrons. The molecule has 0 spiro atoms. The molecule has 9 heteroatoms. The fraction of sp³-hybridized carbons (Fsp3) is 0.538. The topological polar surface area (TPSA) is 66.8 Å². The van der Waals surface area contributed by atoms with E-state index in [0.29, 0.717) is 37.4 Å². The van der Waals surface area contributed by atoms with Crippen molar-refractivity contribution in [1.82, 2.24) is 4.90 Å². The highest BCUT2D eigenvalue weighted by Gasteiger charge is 2.35. The summed E-state index contributed by atoms with van der Waals surface area (Å²) < 4.78 is 43.0. The van der Waals surface area contributed by atoms with Crippen LogP contribution in [0, 0.1) is 0 Å². The van der Waals surface area contributed by atoms with Gasteiger partial charge in [-0.2, -0.15) is 13.2 Å². The molecule has 0 aromatic carbocycles. The van der Waals surface area contributed by atoms with Gasteiger partial charge in [0.2, 0.25) is 0 Å². The summed E-state index contributed by atoms with van der Waals surface area (Å²) in [6.07, 6.45) is -3.58. The highest BCUT2D eigenvalue weighted by Crippen LogP contribution is 2.34. The summed E-state index contributed by atoms with van der Waals surface area (Å²) in [5.74, 6) is -1.90. The van der Waals surface area contributed by atoms with Gasteiger partial charge in [0.05, 0.1) is 5.56 Å². The second-order valence-corrected chi connectivity index (χ2v) is 5.78. The van der Waals surface area contributed by atoms with Crippen LogP contribution in [0.5, 0.6) is 0 Å². The number of hydrogen-bond acceptors (Lipinski definition) is 4. The number of rotatable bonds is 4. The molecule has 0 unspecified atom stereocenters. The third-order valence-corrected chi connectivity index (χ3v) is 4.30. The lowest BCUT2D eigenvalue weighted by atomic mass is 10.1. The van der Waals surface area contributed by atoms with Crippen molar-refractivity contribution in [3.8, 4) is 0 Å². The summed E-state index contributed by atoms with van der Waals surface area (Å²) in [6.45, 7) is 0.248. The maximum absolute atomic E-state index is 12.6. The number of hydrogen-bond donors (Lipinski definition) is 1. The molecular weight excluding hydrogens is 323 g/mol. The van der Waals surface area contributed by atoms with E-state index in [1.807, 2.05) is 0 Å². The van der Waals surface area contributed by atoms with Gasteiger partial charge in [-0.3, -0.25) is 9.59 Å². The van der Waals surface area contributed by atoms with Crippen LogP contribution in [0.3, 0.4) is 0 Å². The van der Waals surface area contributed by atoms with Crippen LogP contribution < -0.4 is 0 Å². The average molecular weight is 337 g/mol. The van der Waals surface area contributed by atoms with E-state index in [0.717, 1.165) is 16.3 Å². The Kier molecular flexibility index (Phi) is 5.07. The predicted molar refractivity (Wildman–Crippen MR) is 71.8 cm³/mol. The molecule has 2 rings (SSSR count). The molecular formula is C13H14F3NO4S. The molecule has 1 N–H and O–H groups in total. The number of nitrogens with zero attached hydrogens (tertiary/aromatic N) is 1. The quantitative estimate of drug-likeness (QED) is 0.917. The summed E-state index contributed by atoms with van der Waals surface area (Å²) in [7, 11) is 0. The Labute approximate surface area is 128 Å².